The number of para-hydroxylation sites is 1. The molecule has 1 atom stereocenters. The highest BCUT2D eigenvalue weighted by Crippen LogP contribution is 2.41. The molecule has 5 nitrogen and oxygen atoms in total. The number of nitrogens with zero attached hydrogens (tertiary/aromatic N) is 1. The Balaban J connectivity index is 1.45. The van der Waals surface area contributed by atoms with Gasteiger partial charge >= 0.3 is 0 Å². The lowest BCUT2D eigenvalue weighted by Crippen LogP contribution is -2.44. The molecule has 2 N–H and O–H groups in total. The fourth-order valence-corrected chi connectivity index (χ4v) is 4.09. The number of carbonyl (C=O) groups is 2. The monoisotopic (exact) mass is 417 g/mol. The summed E-state index contributed by atoms with van der Waals surface area (Å²) in [5, 5.41) is 6.83. The van der Waals surface area contributed by atoms with Gasteiger partial charge in [0.15, 0.2) is 0 Å². The third-order valence-electron chi connectivity index (χ3n) is 5.48. The number of amides is 2. The SMILES string of the molecule is O=C(Nc1cccc(C2Nc3ccccc3C(=O)N2C2CC2)c1)c1ccccc1Cl. The maximum atomic E-state index is 13.2. The number of fused-ring (bicyclic) bond motifs is 1. The van der Waals surface area contributed by atoms with Gasteiger partial charge in [-0.05, 0) is 54.8 Å². The van der Waals surface area contributed by atoms with Gasteiger partial charge < -0.3 is 15.5 Å². The molecule has 1 aliphatic heterocycles. The number of hydrogen-bond donors (Lipinski definition) is 2. The van der Waals surface area contributed by atoms with Gasteiger partial charge in [-0.25, -0.2) is 0 Å². The number of nitrogens with one attached hydrogen (secondary N) is 2. The van der Waals surface area contributed by atoms with Crippen LogP contribution in [0.2, 0.25) is 5.02 Å². The summed E-state index contributed by atoms with van der Waals surface area (Å²) in [6.45, 7) is 0. The normalized spacial score (nSPS) is 17.8. The summed E-state index contributed by atoms with van der Waals surface area (Å²) in [6, 6.07) is 22.4. The van der Waals surface area contributed by atoms with Crippen LogP contribution in [-0.4, -0.2) is 22.8 Å². The molecule has 3 aromatic rings. The summed E-state index contributed by atoms with van der Waals surface area (Å²) in [7, 11) is 0. The standard InChI is InChI=1S/C24H20ClN3O2/c25-20-10-3-1-8-18(20)23(29)26-16-7-5-6-15(14-16)22-27-21-11-4-2-9-19(21)24(30)28(22)17-12-13-17/h1-11,14,17,22,27H,12-13H2,(H,26,29). The van der Waals surface area contributed by atoms with E-state index >= 15 is 0 Å². The molecule has 3 aromatic carbocycles. The van der Waals surface area contributed by atoms with Crippen LogP contribution in [0.15, 0.2) is 72.8 Å². The van der Waals surface area contributed by atoms with Crippen molar-refractivity contribution in [3.8, 4) is 0 Å². The van der Waals surface area contributed by atoms with Crippen LogP contribution in [0.5, 0.6) is 0 Å². The fourth-order valence-electron chi connectivity index (χ4n) is 3.87. The molecule has 0 saturated heterocycles. The highest BCUT2D eigenvalue weighted by molar-refractivity contribution is 6.34. The minimum Gasteiger partial charge on any atom is -0.361 e. The summed E-state index contributed by atoms with van der Waals surface area (Å²) in [5.74, 6) is -0.225. The molecule has 0 bridgehead atoms. The van der Waals surface area contributed by atoms with Crippen LogP contribution in [0.25, 0.3) is 0 Å². The van der Waals surface area contributed by atoms with Crippen molar-refractivity contribution in [3.63, 3.8) is 0 Å². The summed E-state index contributed by atoms with van der Waals surface area (Å²) in [5.41, 5.74) is 3.52. The lowest BCUT2D eigenvalue weighted by molar-refractivity contribution is 0.0666. The van der Waals surface area contributed by atoms with E-state index in [0.29, 0.717) is 21.8 Å². The van der Waals surface area contributed by atoms with Gasteiger partial charge in [0.05, 0.1) is 16.1 Å². The van der Waals surface area contributed by atoms with E-state index in [1.54, 1.807) is 24.3 Å². The van der Waals surface area contributed by atoms with Gasteiger partial charge in [-0.15, -0.1) is 0 Å². The number of benzene rings is 3. The van der Waals surface area contributed by atoms with Gasteiger partial charge in [-0.3, -0.25) is 9.59 Å². The molecule has 30 heavy (non-hydrogen) atoms. The van der Waals surface area contributed by atoms with E-state index in [4.69, 9.17) is 11.6 Å². The third kappa shape index (κ3) is 3.42. The lowest BCUT2D eigenvalue weighted by atomic mass is 10.0. The molecule has 1 heterocycles. The summed E-state index contributed by atoms with van der Waals surface area (Å²) >= 11 is 6.15. The first-order valence-corrected chi connectivity index (χ1v) is 10.3. The lowest BCUT2D eigenvalue weighted by Gasteiger charge is -2.38. The molecule has 1 aliphatic carbocycles. The maximum absolute atomic E-state index is 13.2. The number of anilines is 2. The Morgan fingerprint density at radius 1 is 1.00 bits per heavy atom. The molecule has 150 valence electrons. The number of rotatable bonds is 4. The van der Waals surface area contributed by atoms with Crippen molar-refractivity contribution in [2.24, 2.45) is 0 Å². The van der Waals surface area contributed by atoms with Crippen LogP contribution >= 0.6 is 11.6 Å². The van der Waals surface area contributed by atoms with E-state index in [1.807, 2.05) is 53.4 Å². The van der Waals surface area contributed by atoms with E-state index in [1.165, 1.54) is 0 Å². The minimum absolute atomic E-state index is 0.0438. The van der Waals surface area contributed by atoms with Gasteiger partial charge in [0.1, 0.15) is 6.17 Å². The van der Waals surface area contributed by atoms with Crippen LogP contribution in [-0.2, 0) is 0 Å². The van der Waals surface area contributed by atoms with E-state index in [2.05, 4.69) is 10.6 Å². The highest BCUT2D eigenvalue weighted by atomic mass is 35.5. The van der Waals surface area contributed by atoms with Crippen molar-refractivity contribution >= 4 is 34.8 Å². The van der Waals surface area contributed by atoms with Gasteiger partial charge in [0.2, 0.25) is 0 Å². The Bertz CT molecular complexity index is 1140. The molecule has 1 saturated carbocycles. The van der Waals surface area contributed by atoms with Gasteiger partial charge in [-0.2, -0.15) is 0 Å². The Morgan fingerprint density at radius 2 is 1.77 bits per heavy atom. The maximum Gasteiger partial charge on any atom is 0.258 e. The van der Waals surface area contributed by atoms with Gasteiger partial charge in [0.25, 0.3) is 11.8 Å². The molecular formula is C24H20ClN3O2. The average Bonchev–Trinajstić information content (AvgIpc) is 3.59. The Labute approximate surface area is 179 Å². The number of carbonyl (C=O) groups excluding carboxylic acids is 2. The first-order valence-electron chi connectivity index (χ1n) is 9.96. The molecule has 5 rings (SSSR count). The first kappa shape index (κ1) is 18.7. The zero-order valence-corrected chi connectivity index (χ0v) is 16.9. The summed E-state index contributed by atoms with van der Waals surface area (Å²) in [6.07, 6.45) is 1.74. The molecular weight excluding hydrogens is 398 g/mol. The number of halogens is 1. The zero-order chi connectivity index (χ0) is 20.7. The fraction of sp³-hybridized carbons (Fsp3) is 0.167. The van der Waals surface area contributed by atoms with Gasteiger partial charge in [-0.1, -0.05) is 48.0 Å². The quantitative estimate of drug-likeness (QED) is 0.603. The largest absolute Gasteiger partial charge is 0.361 e. The van der Waals surface area contributed by atoms with Gasteiger partial charge in [0, 0.05) is 17.4 Å². The zero-order valence-electron chi connectivity index (χ0n) is 16.1. The average molecular weight is 418 g/mol. The summed E-state index contributed by atoms with van der Waals surface area (Å²) in [4.78, 5) is 27.7. The molecule has 0 radical (unpaired) electrons. The van der Waals surface area contributed by atoms with Crippen LogP contribution in [0, 0.1) is 0 Å². The molecule has 6 heteroatoms. The molecule has 1 fully saturated rings. The molecule has 2 aliphatic rings. The van der Waals surface area contributed by atoms with Crippen molar-refractivity contribution in [1.29, 1.82) is 0 Å². The molecule has 0 aromatic heterocycles. The van der Waals surface area contributed by atoms with E-state index in [9.17, 15) is 9.59 Å². The Kier molecular flexibility index (Phi) is 4.68. The van der Waals surface area contributed by atoms with Crippen molar-refractivity contribution in [2.75, 3.05) is 10.6 Å². The van der Waals surface area contributed by atoms with Crippen molar-refractivity contribution in [1.82, 2.24) is 4.90 Å². The third-order valence-corrected chi connectivity index (χ3v) is 5.81. The van der Waals surface area contributed by atoms with Crippen LogP contribution in [0.3, 0.4) is 0 Å². The molecule has 2 amide bonds. The number of hydrogen-bond acceptors (Lipinski definition) is 3. The molecule has 1 unspecified atom stereocenters. The Hall–Kier alpha value is -3.31. The predicted molar refractivity (Wildman–Crippen MR) is 118 cm³/mol. The highest BCUT2D eigenvalue weighted by Gasteiger charge is 2.42. The van der Waals surface area contributed by atoms with Crippen LogP contribution in [0.4, 0.5) is 11.4 Å². The smallest absolute Gasteiger partial charge is 0.258 e. The van der Waals surface area contributed by atoms with Crippen LogP contribution < -0.4 is 10.6 Å². The first-order chi connectivity index (χ1) is 14.6. The topological polar surface area (TPSA) is 61.4 Å². The van der Waals surface area contributed by atoms with E-state index in [0.717, 1.165) is 24.1 Å². The Morgan fingerprint density at radius 3 is 2.57 bits per heavy atom. The van der Waals surface area contributed by atoms with E-state index in [-0.39, 0.29) is 24.0 Å². The van der Waals surface area contributed by atoms with E-state index < -0.39 is 0 Å². The molecule has 0 spiro atoms. The van der Waals surface area contributed by atoms with Crippen LogP contribution in [0.1, 0.15) is 45.3 Å². The van der Waals surface area contributed by atoms with Crippen molar-refractivity contribution in [2.45, 2.75) is 25.0 Å². The predicted octanol–water partition coefficient (Wildman–Crippen LogP) is 5.32. The second kappa shape index (κ2) is 7.50. The second-order valence-electron chi connectivity index (χ2n) is 7.60. The second-order valence-corrected chi connectivity index (χ2v) is 8.00. The van der Waals surface area contributed by atoms with Crippen molar-refractivity contribution < 1.29 is 9.59 Å². The summed E-state index contributed by atoms with van der Waals surface area (Å²) < 4.78 is 0. The minimum atomic E-state index is -0.280. The van der Waals surface area contributed by atoms with Crippen molar-refractivity contribution in [3.05, 3.63) is 94.5 Å².